The molecule has 0 saturated carbocycles. The van der Waals surface area contributed by atoms with Crippen molar-refractivity contribution in [2.45, 2.75) is 59.3 Å². The highest BCUT2D eigenvalue weighted by Crippen LogP contribution is 2.46. The summed E-state index contributed by atoms with van der Waals surface area (Å²) in [6, 6.07) is 12.4. The minimum absolute atomic E-state index is 0.570. The smallest absolute Gasteiger partial charge is 0.130 e. The molecule has 2 aromatic carbocycles. The van der Waals surface area contributed by atoms with Crippen molar-refractivity contribution in [3.05, 3.63) is 42.0 Å². The molecule has 1 aliphatic rings. The summed E-state index contributed by atoms with van der Waals surface area (Å²) in [6.07, 6.45) is 7.61. The van der Waals surface area contributed by atoms with Gasteiger partial charge >= 0.3 is 0 Å². The van der Waals surface area contributed by atoms with Crippen LogP contribution in [0.1, 0.15) is 58.4 Å². The maximum atomic E-state index is 6.46. The van der Waals surface area contributed by atoms with Gasteiger partial charge in [0.05, 0.1) is 26.4 Å². The van der Waals surface area contributed by atoms with Gasteiger partial charge in [0.15, 0.2) is 0 Å². The average molecular weight is 411 g/mol. The molecule has 3 heteroatoms. The summed E-state index contributed by atoms with van der Waals surface area (Å²) in [6.45, 7) is 7.84. The van der Waals surface area contributed by atoms with Gasteiger partial charge in [-0.15, -0.1) is 0 Å². The Kier molecular flexibility index (Phi) is 8.07. The zero-order chi connectivity index (χ0) is 21.5. The number of methoxy groups -OCH3 is 2. The molecule has 3 nitrogen and oxygen atoms in total. The lowest BCUT2D eigenvalue weighted by atomic mass is 9.75. The summed E-state index contributed by atoms with van der Waals surface area (Å²) in [5, 5.41) is 0. The molecule has 0 fully saturated rings. The van der Waals surface area contributed by atoms with Crippen LogP contribution >= 0.6 is 0 Å². The van der Waals surface area contributed by atoms with E-state index in [0.29, 0.717) is 11.8 Å². The quantitative estimate of drug-likeness (QED) is 0.416. The largest absolute Gasteiger partial charge is 0.496 e. The van der Waals surface area contributed by atoms with Crippen LogP contribution in [0.3, 0.4) is 0 Å². The van der Waals surface area contributed by atoms with E-state index >= 15 is 0 Å². The Labute approximate surface area is 182 Å². The predicted molar refractivity (Wildman–Crippen MR) is 125 cm³/mol. The summed E-state index contributed by atoms with van der Waals surface area (Å²) >= 11 is 0. The zero-order valence-electron chi connectivity index (χ0n) is 19.4. The van der Waals surface area contributed by atoms with Gasteiger partial charge in [-0.3, -0.25) is 0 Å². The zero-order valence-corrected chi connectivity index (χ0v) is 19.4. The van der Waals surface area contributed by atoms with E-state index in [-0.39, 0.29) is 0 Å². The molecule has 0 bridgehead atoms. The molecule has 0 aliphatic carbocycles. The monoisotopic (exact) mass is 410 g/mol. The van der Waals surface area contributed by atoms with Gasteiger partial charge in [-0.1, -0.05) is 77.1 Å². The molecule has 0 spiro atoms. The van der Waals surface area contributed by atoms with Gasteiger partial charge in [0.1, 0.15) is 17.2 Å². The van der Waals surface area contributed by atoms with Crippen LogP contribution in [0.15, 0.2) is 36.4 Å². The normalized spacial score (nSPS) is 17.6. The average Bonchev–Trinajstić information content (AvgIpc) is 2.79. The number of para-hydroxylation sites is 1. The Morgan fingerprint density at radius 3 is 2.30 bits per heavy atom. The number of benzene rings is 2. The first-order valence-corrected chi connectivity index (χ1v) is 11.6. The fraction of sp³-hybridized carbons (Fsp3) is 0.556. The van der Waals surface area contributed by atoms with E-state index in [1.807, 2.05) is 18.2 Å². The topological polar surface area (TPSA) is 27.7 Å². The second-order valence-corrected chi connectivity index (χ2v) is 8.66. The van der Waals surface area contributed by atoms with Crippen molar-refractivity contribution in [2.24, 2.45) is 17.8 Å². The summed E-state index contributed by atoms with van der Waals surface area (Å²) in [5.41, 5.74) is 3.33. The van der Waals surface area contributed by atoms with Crippen molar-refractivity contribution >= 4 is 0 Å². The van der Waals surface area contributed by atoms with Crippen molar-refractivity contribution in [3.8, 4) is 28.4 Å². The van der Waals surface area contributed by atoms with Gasteiger partial charge in [-0.25, -0.2) is 0 Å². The van der Waals surface area contributed by atoms with Crippen LogP contribution in [0.2, 0.25) is 0 Å². The minimum atomic E-state index is 0.570. The molecule has 164 valence electrons. The number of ether oxygens (including phenoxy) is 3. The van der Waals surface area contributed by atoms with E-state index in [9.17, 15) is 0 Å². The van der Waals surface area contributed by atoms with Gasteiger partial charge in [-0.05, 0) is 41.9 Å². The minimum Gasteiger partial charge on any atom is -0.496 e. The maximum absolute atomic E-state index is 6.46. The third kappa shape index (κ3) is 4.77. The highest BCUT2D eigenvalue weighted by molar-refractivity contribution is 5.82. The molecule has 3 rings (SSSR count). The van der Waals surface area contributed by atoms with Crippen molar-refractivity contribution in [1.29, 1.82) is 0 Å². The number of hydrogen-bond acceptors (Lipinski definition) is 3. The summed E-state index contributed by atoms with van der Waals surface area (Å²) < 4.78 is 17.8. The Hall–Kier alpha value is -2.16. The molecule has 0 radical (unpaired) electrons. The van der Waals surface area contributed by atoms with Crippen LogP contribution in [-0.2, 0) is 6.42 Å². The first-order chi connectivity index (χ1) is 14.6. The van der Waals surface area contributed by atoms with Crippen molar-refractivity contribution in [2.75, 3.05) is 20.8 Å². The van der Waals surface area contributed by atoms with Crippen molar-refractivity contribution in [3.63, 3.8) is 0 Å². The van der Waals surface area contributed by atoms with E-state index in [1.54, 1.807) is 14.2 Å². The molecule has 1 heterocycles. The highest BCUT2D eigenvalue weighted by atomic mass is 16.5. The number of hydrogen-bond donors (Lipinski definition) is 0. The Morgan fingerprint density at radius 1 is 0.967 bits per heavy atom. The van der Waals surface area contributed by atoms with Gasteiger partial charge in [0.25, 0.3) is 0 Å². The molecular formula is C27H38O3. The van der Waals surface area contributed by atoms with Crippen molar-refractivity contribution < 1.29 is 14.2 Å². The maximum Gasteiger partial charge on any atom is 0.130 e. The third-order valence-corrected chi connectivity index (χ3v) is 6.79. The third-order valence-electron chi connectivity index (χ3n) is 6.79. The Balaban J connectivity index is 1.89. The Morgan fingerprint density at radius 2 is 1.67 bits per heavy atom. The predicted octanol–water partition coefficient (Wildman–Crippen LogP) is 7.16. The lowest BCUT2D eigenvalue weighted by Gasteiger charge is -2.35. The van der Waals surface area contributed by atoms with Crippen molar-refractivity contribution in [1.82, 2.24) is 0 Å². The molecular weight excluding hydrogens is 372 g/mol. The van der Waals surface area contributed by atoms with E-state index in [0.717, 1.165) is 47.3 Å². The molecule has 0 saturated heterocycles. The Bertz CT molecular complexity index is 792. The standard InChI is InChI=1S/C27H38O3/c1-6-8-12-20(11-7-2)19(3)22-17-21-13-9-14-23(27(21)30-18-22)26-24(28-4)15-10-16-25(26)29-5/h9-10,13-16,19-20,22H,6-8,11-12,17-18H2,1-5H3. The molecule has 0 amide bonds. The molecule has 30 heavy (non-hydrogen) atoms. The molecule has 1 aliphatic heterocycles. The van der Waals surface area contributed by atoms with Gasteiger partial charge in [0, 0.05) is 5.56 Å². The lowest BCUT2D eigenvalue weighted by Crippen LogP contribution is -2.31. The SMILES string of the molecule is CCCCC(CCC)C(C)C1COc2c(cccc2-c2c(OC)cccc2OC)C1. The van der Waals surface area contributed by atoms with E-state index in [4.69, 9.17) is 14.2 Å². The fourth-order valence-electron chi connectivity index (χ4n) is 4.99. The fourth-order valence-corrected chi connectivity index (χ4v) is 4.99. The molecule has 3 unspecified atom stereocenters. The van der Waals surface area contributed by atoms with Gasteiger partial charge in [0.2, 0.25) is 0 Å². The second-order valence-electron chi connectivity index (χ2n) is 8.66. The lowest BCUT2D eigenvalue weighted by molar-refractivity contribution is 0.131. The van der Waals surface area contributed by atoms with Crippen LogP contribution in [0.5, 0.6) is 17.2 Å². The van der Waals surface area contributed by atoms with Crippen LogP contribution < -0.4 is 14.2 Å². The van der Waals surface area contributed by atoms with Crippen LogP contribution in [0.25, 0.3) is 11.1 Å². The number of unbranched alkanes of at least 4 members (excludes halogenated alkanes) is 1. The molecule has 0 N–H and O–H groups in total. The summed E-state index contributed by atoms with van der Waals surface area (Å²) in [5.74, 6) is 4.65. The first kappa shape index (κ1) is 22.5. The first-order valence-electron chi connectivity index (χ1n) is 11.6. The highest BCUT2D eigenvalue weighted by Gasteiger charge is 2.31. The number of fused-ring (bicyclic) bond motifs is 1. The van der Waals surface area contributed by atoms with Crippen LogP contribution in [0.4, 0.5) is 0 Å². The van der Waals surface area contributed by atoms with E-state index < -0.39 is 0 Å². The molecule has 0 aromatic heterocycles. The molecule has 3 atom stereocenters. The summed E-state index contributed by atoms with van der Waals surface area (Å²) in [7, 11) is 3.41. The second kappa shape index (κ2) is 10.7. The summed E-state index contributed by atoms with van der Waals surface area (Å²) in [4.78, 5) is 0. The van der Waals surface area contributed by atoms with Crippen LogP contribution in [-0.4, -0.2) is 20.8 Å². The van der Waals surface area contributed by atoms with E-state index in [2.05, 4.69) is 39.0 Å². The number of rotatable bonds is 10. The molecule has 2 aromatic rings. The van der Waals surface area contributed by atoms with Gasteiger partial charge in [-0.2, -0.15) is 0 Å². The van der Waals surface area contributed by atoms with Crippen LogP contribution in [0, 0.1) is 17.8 Å². The van der Waals surface area contributed by atoms with E-state index in [1.165, 1.54) is 37.7 Å². The van der Waals surface area contributed by atoms with Gasteiger partial charge < -0.3 is 14.2 Å².